The number of aromatic carboxylic acids is 1. The van der Waals surface area contributed by atoms with Crippen LogP contribution in [0.25, 0.3) is 11.4 Å². The van der Waals surface area contributed by atoms with Gasteiger partial charge in [0.1, 0.15) is 11.4 Å². The molecule has 1 fully saturated rings. The molecular weight excluding hydrogens is 256 g/mol. The van der Waals surface area contributed by atoms with Crippen LogP contribution < -0.4 is 4.90 Å². The van der Waals surface area contributed by atoms with Gasteiger partial charge in [-0.1, -0.05) is 0 Å². The fourth-order valence-electron chi connectivity index (χ4n) is 2.33. The van der Waals surface area contributed by atoms with E-state index in [9.17, 15) is 9.90 Å². The Hall–Kier alpha value is -2.50. The summed E-state index contributed by atoms with van der Waals surface area (Å²) in [6.07, 6.45) is 6.85. The zero-order valence-corrected chi connectivity index (χ0v) is 10.9. The maximum Gasteiger partial charge on any atom is 0.341 e. The summed E-state index contributed by atoms with van der Waals surface area (Å²) in [4.78, 5) is 25.9. The summed E-state index contributed by atoms with van der Waals surface area (Å²) in [5, 5.41) is 9.27. The molecule has 0 unspecified atom stereocenters. The van der Waals surface area contributed by atoms with Crippen LogP contribution in [0, 0.1) is 0 Å². The van der Waals surface area contributed by atoms with Gasteiger partial charge >= 0.3 is 5.97 Å². The predicted molar refractivity (Wildman–Crippen MR) is 73.7 cm³/mol. The van der Waals surface area contributed by atoms with E-state index in [-0.39, 0.29) is 5.56 Å². The van der Waals surface area contributed by atoms with Crippen molar-refractivity contribution < 1.29 is 9.90 Å². The first-order chi connectivity index (χ1) is 9.75. The van der Waals surface area contributed by atoms with Crippen molar-refractivity contribution in [2.45, 2.75) is 12.8 Å². The zero-order valence-electron chi connectivity index (χ0n) is 10.9. The van der Waals surface area contributed by atoms with E-state index >= 15 is 0 Å². The normalized spacial score (nSPS) is 14.5. The van der Waals surface area contributed by atoms with Crippen LogP contribution in [0.5, 0.6) is 0 Å². The van der Waals surface area contributed by atoms with E-state index in [4.69, 9.17) is 0 Å². The van der Waals surface area contributed by atoms with E-state index in [1.54, 1.807) is 18.5 Å². The van der Waals surface area contributed by atoms with Gasteiger partial charge in [-0.3, -0.25) is 4.98 Å². The highest BCUT2D eigenvalue weighted by Crippen LogP contribution is 2.24. The summed E-state index contributed by atoms with van der Waals surface area (Å²) < 4.78 is 0. The van der Waals surface area contributed by atoms with Gasteiger partial charge in [-0.15, -0.1) is 0 Å². The van der Waals surface area contributed by atoms with Crippen molar-refractivity contribution in [3.05, 3.63) is 36.3 Å². The van der Waals surface area contributed by atoms with E-state index in [2.05, 4.69) is 15.0 Å². The van der Waals surface area contributed by atoms with E-state index in [0.29, 0.717) is 11.6 Å². The van der Waals surface area contributed by atoms with Crippen LogP contribution in [0.4, 0.5) is 5.82 Å². The molecule has 0 radical (unpaired) electrons. The molecule has 6 nitrogen and oxygen atoms in total. The highest BCUT2D eigenvalue weighted by atomic mass is 16.4. The summed E-state index contributed by atoms with van der Waals surface area (Å²) in [5.74, 6) is 0.0125. The van der Waals surface area contributed by atoms with Crippen LogP contribution in [-0.4, -0.2) is 39.1 Å². The Kier molecular flexibility index (Phi) is 3.28. The Labute approximate surface area is 116 Å². The lowest BCUT2D eigenvalue weighted by Gasteiger charge is -2.18. The van der Waals surface area contributed by atoms with Crippen LogP contribution in [0.15, 0.2) is 30.7 Å². The Morgan fingerprint density at radius 2 is 2.05 bits per heavy atom. The van der Waals surface area contributed by atoms with Crippen LogP contribution in [0.1, 0.15) is 23.2 Å². The van der Waals surface area contributed by atoms with Gasteiger partial charge in [0.2, 0.25) is 0 Å². The number of nitrogens with zero attached hydrogens (tertiary/aromatic N) is 4. The molecule has 0 saturated carbocycles. The molecule has 0 spiro atoms. The first-order valence-electron chi connectivity index (χ1n) is 6.51. The van der Waals surface area contributed by atoms with Gasteiger partial charge in [0.25, 0.3) is 0 Å². The molecule has 20 heavy (non-hydrogen) atoms. The molecule has 1 aliphatic heterocycles. The van der Waals surface area contributed by atoms with Crippen LogP contribution in [-0.2, 0) is 0 Å². The molecule has 1 N–H and O–H groups in total. The Morgan fingerprint density at radius 3 is 2.70 bits per heavy atom. The lowest BCUT2D eigenvalue weighted by molar-refractivity contribution is 0.0696. The fourth-order valence-corrected chi connectivity index (χ4v) is 2.33. The molecule has 0 atom stereocenters. The Balaban J connectivity index is 2.06. The maximum atomic E-state index is 11.3. The second-order valence-corrected chi connectivity index (χ2v) is 4.67. The van der Waals surface area contributed by atoms with Crippen LogP contribution in [0.3, 0.4) is 0 Å². The molecule has 2 aromatic heterocycles. The van der Waals surface area contributed by atoms with Crippen molar-refractivity contribution in [1.82, 2.24) is 15.0 Å². The minimum Gasteiger partial charge on any atom is -0.477 e. The van der Waals surface area contributed by atoms with E-state index in [0.717, 1.165) is 31.5 Å². The number of carbonyl (C=O) groups is 1. The first-order valence-corrected chi connectivity index (χ1v) is 6.51. The summed E-state index contributed by atoms with van der Waals surface area (Å²) in [6.45, 7) is 1.67. The van der Waals surface area contributed by atoms with Crippen molar-refractivity contribution in [2.24, 2.45) is 0 Å². The van der Waals surface area contributed by atoms with E-state index in [1.165, 1.54) is 6.20 Å². The lowest BCUT2D eigenvalue weighted by atomic mass is 10.2. The van der Waals surface area contributed by atoms with Crippen LogP contribution >= 0.6 is 0 Å². The number of pyridine rings is 1. The standard InChI is InChI=1S/C14H14N4O2/c19-14(20)11-9-16-12(10-4-3-5-15-8-10)17-13(11)18-6-1-2-7-18/h3-5,8-9H,1-2,6-7H2,(H,19,20). The number of aromatic nitrogens is 3. The largest absolute Gasteiger partial charge is 0.477 e. The lowest BCUT2D eigenvalue weighted by Crippen LogP contribution is -2.22. The number of carboxylic acids is 1. The fraction of sp³-hybridized carbons (Fsp3) is 0.286. The SMILES string of the molecule is O=C(O)c1cnc(-c2cccnc2)nc1N1CCCC1. The van der Waals surface area contributed by atoms with Gasteiger partial charge in [-0.25, -0.2) is 14.8 Å². The molecular formula is C14H14N4O2. The van der Waals surface area contributed by atoms with Gasteiger partial charge in [0.05, 0.1) is 0 Å². The van der Waals surface area contributed by atoms with Crippen molar-refractivity contribution in [3.8, 4) is 11.4 Å². The molecule has 1 saturated heterocycles. The molecule has 0 bridgehead atoms. The van der Waals surface area contributed by atoms with Gasteiger partial charge in [0, 0.05) is 37.2 Å². The summed E-state index contributed by atoms with van der Waals surface area (Å²) in [6, 6.07) is 3.66. The van der Waals surface area contributed by atoms with Crippen molar-refractivity contribution in [3.63, 3.8) is 0 Å². The average molecular weight is 270 g/mol. The molecule has 1 aliphatic rings. The topological polar surface area (TPSA) is 79.2 Å². The van der Waals surface area contributed by atoms with Gasteiger partial charge in [-0.05, 0) is 25.0 Å². The Bertz CT molecular complexity index is 624. The highest BCUT2D eigenvalue weighted by Gasteiger charge is 2.22. The van der Waals surface area contributed by atoms with E-state index < -0.39 is 5.97 Å². The average Bonchev–Trinajstić information content (AvgIpc) is 3.01. The summed E-state index contributed by atoms with van der Waals surface area (Å²) in [7, 11) is 0. The number of rotatable bonds is 3. The molecule has 0 aromatic carbocycles. The molecule has 3 rings (SSSR count). The van der Waals surface area contributed by atoms with Crippen molar-refractivity contribution in [2.75, 3.05) is 18.0 Å². The molecule has 2 aromatic rings. The quantitative estimate of drug-likeness (QED) is 0.916. The monoisotopic (exact) mass is 270 g/mol. The summed E-state index contributed by atoms with van der Waals surface area (Å²) in [5.41, 5.74) is 0.935. The number of anilines is 1. The molecule has 0 aliphatic carbocycles. The minimum atomic E-state index is -0.996. The number of carboxylic acid groups (broad SMARTS) is 1. The second-order valence-electron chi connectivity index (χ2n) is 4.67. The number of hydrogen-bond donors (Lipinski definition) is 1. The third-order valence-corrected chi connectivity index (χ3v) is 3.32. The molecule has 0 amide bonds. The predicted octanol–water partition coefficient (Wildman–Crippen LogP) is 1.84. The third kappa shape index (κ3) is 2.32. The first kappa shape index (κ1) is 12.5. The second kappa shape index (κ2) is 5.24. The van der Waals surface area contributed by atoms with E-state index in [1.807, 2.05) is 11.0 Å². The third-order valence-electron chi connectivity index (χ3n) is 3.32. The van der Waals surface area contributed by atoms with Crippen molar-refractivity contribution in [1.29, 1.82) is 0 Å². The van der Waals surface area contributed by atoms with Crippen LogP contribution in [0.2, 0.25) is 0 Å². The van der Waals surface area contributed by atoms with Gasteiger partial charge in [-0.2, -0.15) is 0 Å². The molecule has 6 heteroatoms. The summed E-state index contributed by atoms with van der Waals surface area (Å²) >= 11 is 0. The maximum absolute atomic E-state index is 11.3. The highest BCUT2D eigenvalue weighted by molar-refractivity contribution is 5.93. The van der Waals surface area contributed by atoms with Gasteiger partial charge in [0.15, 0.2) is 5.82 Å². The smallest absolute Gasteiger partial charge is 0.341 e. The van der Waals surface area contributed by atoms with Gasteiger partial charge < -0.3 is 10.0 Å². The minimum absolute atomic E-state index is 0.152. The molecule has 102 valence electrons. The Morgan fingerprint density at radius 1 is 1.25 bits per heavy atom. The molecule has 3 heterocycles. The van der Waals surface area contributed by atoms with Crippen molar-refractivity contribution >= 4 is 11.8 Å². The number of hydrogen-bond acceptors (Lipinski definition) is 5. The zero-order chi connectivity index (χ0) is 13.9.